The van der Waals surface area contributed by atoms with Gasteiger partial charge in [0.25, 0.3) is 0 Å². The maximum atomic E-state index is 5.31. The van der Waals surface area contributed by atoms with E-state index < -0.39 is 0 Å². The number of allylic oxidation sites excluding steroid dienone is 1. The SMILES string of the molecule is CC=CCCNC(=NCc1ccc(OC)c(OC)c1)NCC. The van der Waals surface area contributed by atoms with E-state index in [2.05, 4.69) is 34.7 Å². The van der Waals surface area contributed by atoms with Gasteiger partial charge in [-0.2, -0.15) is 0 Å². The van der Waals surface area contributed by atoms with Crippen LogP contribution in [0.2, 0.25) is 0 Å². The van der Waals surface area contributed by atoms with Crippen LogP contribution in [-0.4, -0.2) is 33.3 Å². The lowest BCUT2D eigenvalue weighted by Gasteiger charge is -2.11. The number of benzene rings is 1. The van der Waals surface area contributed by atoms with Crippen molar-refractivity contribution in [2.24, 2.45) is 4.99 Å². The monoisotopic (exact) mass is 305 g/mol. The van der Waals surface area contributed by atoms with Gasteiger partial charge in [0, 0.05) is 13.1 Å². The normalized spacial score (nSPS) is 11.5. The van der Waals surface area contributed by atoms with Crippen molar-refractivity contribution in [3.63, 3.8) is 0 Å². The Labute approximate surface area is 133 Å². The molecule has 0 bridgehead atoms. The Balaban J connectivity index is 2.68. The molecule has 0 saturated carbocycles. The molecule has 22 heavy (non-hydrogen) atoms. The molecule has 0 spiro atoms. The van der Waals surface area contributed by atoms with Gasteiger partial charge < -0.3 is 20.1 Å². The summed E-state index contributed by atoms with van der Waals surface area (Å²) >= 11 is 0. The lowest BCUT2D eigenvalue weighted by Crippen LogP contribution is -2.37. The van der Waals surface area contributed by atoms with Gasteiger partial charge in [-0.25, -0.2) is 4.99 Å². The molecule has 5 heteroatoms. The standard InChI is InChI=1S/C17H27N3O2/c1-5-7-8-11-19-17(18-6-2)20-13-14-9-10-15(21-3)16(12-14)22-4/h5,7,9-10,12H,6,8,11,13H2,1-4H3,(H2,18,19,20). The van der Waals surface area contributed by atoms with Crippen molar-refractivity contribution >= 4 is 5.96 Å². The molecule has 0 atom stereocenters. The molecular formula is C17H27N3O2. The lowest BCUT2D eigenvalue weighted by molar-refractivity contribution is 0.354. The third kappa shape index (κ3) is 6.08. The van der Waals surface area contributed by atoms with Crippen molar-refractivity contribution in [1.29, 1.82) is 0 Å². The first-order valence-electron chi connectivity index (χ1n) is 7.59. The average molecular weight is 305 g/mol. The van der Waals surface area contributed by atoms with Gasteiger partial charge in [0.05, 0.1) is 20.8 Å². The van der Waals surface area contributed by atoms with Gasteiger partial charge in [0.1, 0.15) is 0 Å². The third-order valence-corrected chi connectivity index (χ3v) is 3.05. The van der Waals surface area contributed by atoms with Crippen LogP contribution >= 0.6 is 0 Å². The van der Waals surface area contributed by atoms with Gasteiger partial charge in [-0.15, -0.1) is 0 Å². The van der Waals surface area contributed by atoms with Crippen molar-refractivity contribution in [2.75, 3.05) is 27.3 Å². The van der Waals surface area contributed by atoms with Crippen LogP contribution in [0.3, 0.4) is 0 Å². The molecule has 0 fully saturated rings. The zero-order chi connectivity index (χ0) is 16.2. The molecular weight excluding hydrogens is 278 g/mol. The van der Waals surface area contributed by atoms with Crippen LogP contribution in [0.25, 0.3) is 0 Å². The number of nitrogens with zero attached hydrogens (tertiary/aromatic N) is 1. The highest BCUT2D eigenvalue weighted by atomic mass is 16.5. The molecule has 0 saturated heterocycles. The highest BCUT2D eigenvalue weighted by Gasteiger charge is 2.04. The lowest BCUT2D eigenvalue weighted by atomic mass is 10.2. The van der Waals surface area contributed by atoms with Crippen molar-refractivity contribution in [3.05, 3.63) is 35.9 Å². The number of ether oxygens (including phenoxy) is 2. The maximum Gasteiger partial charge on any atom is 0.191 e. The summed E-state index contributed by atoms with van der Waals surface area (Å²) in [4.78, 5) is 4.59. The Morgan fingerprint density at radius 3 is 2.59 bits per heavy atom. The average Bonchev–Trinajstić information content (AvgIpc) is 2.56. The Hall–Kier alpha value is -2.17. The van der Waals surface area contributed by atoms with E-state index in [0.29, 0.717) is 6.54 Å². The van der Waals surface area contributed by atoms with Crippen molar-refractivity contribution < 1.29 is 9.47 Å². The van der Waals surface area contributed by atoms with Crippen LogP contribution in [-0.2, 0) is 6.54 Å². The molecule has 0 aliphatic heterocycles. The number of hydrogen-bond acceptors (Lipinski definition) is 3. The first kappa shape index (κ1) is 17.9. The topological polar surface area (TPSA) is 54.9 Å². The molecule has 0 aliphatic rings. The number of methoxy groups -OCH3 is 2. The smallest absolute Gasteiger partial charge is 0.191 e. The first-order chi connectivity index (χ1) is 10.7. The van der Waals surface area contributed by atoms with Crippen molar-refractivity contribution in [1.82, 2.24) is 10.6 Å². The van der Waals surface area contributed by atoms with Gasteiger partial charge in [-0.05, 0) is 38.0 Å². The second kappa shape index (κ2) is 10.5. The zero-order valence-corrected chi connectivity index (χ0v) is 14.0. The molecule has 0 heterocycles. The van der Waals surface area contributed by atoms with E-state index in [1.54, 1.807) is 14.2 Å². The zero-order valence-electron chi connectivity index (χ0n) is 14.0. The molecule has 1 aromatic carbocycles. The van der Waals surface area contributed by atoms with E-state index in [1.165, 1.54) is 0 Å². The Morgan fingerprint density at radius 2 is 1.95 bits per heavy atom. The van der Waals surface area contributed by atoms with Crippen LogP contribution in [0.5, 0.6) is 11.5 Å². The number of guanidine groups is 1. The summed E-state index contributed by atoms with van der Waals surface area (Å²) in [7, 11) is 3.27. The van der Waals surface area contributed by atoms with Gasteiger partial charge in [0.2, 0.25) is 0 Å². The van der Waals surface area contributed by atoms with E-state index >= 15 is 0 Å². The molecule has 0 unspecified atom stereocenters. The van der Waals surface area contributed by atoms with Crippen LogP contribution in [0.15, 0.2) is 35.3 Å². The third-order valence-electron chi connectivity index (χ3n) is 3.05. The predicted molar refractivity (Wildman–Crippen MR) is 91.8 cm³/mol. The highest BCUT2D eigenvalue weighted by molar-refractivity contribution is 5.79. The minimum Gasteiger partial charge on any atom is -0.493 e. The molecule has 0 radical (unpaired) electrons. The minimum atomic E-state index is 0.583. The number of nitrogens with one attached hydrogen (secondary N) is 2. The molecule has 1 aromatic rings. The molecule has 0 aliphatic carbocycles. The van der Waals surface area contributed by atoms with Gasteiger partial charge in [-0.3, -0.25) is 0 Å². The summed E-state index contributed by atoms with van der Waals surface area (Å²) in [6.07, 6.45) is 5.16. The largest absolute Gasteiger partial charge is 0.493 e. The predicted octanol–water partition coefficient (Wildman–Crippen LogP) is 2.73. The summed E-state index contributed by atoms with van der Waals surface area (Å²) < 4.78 is 10.6. The molecule has 5 nitrogen and oxygen atoms in total. The fourth-order valence-electron chi connectivity index (χ4n) is 1.93. The van der Waals surface area contributed by atoms with E-state index in [4.69, 9.17) is 9.47 Å². The Bertz CT molecular complexity index is 499. The molecule has 1 rings (SSSR count). The van der Waals surface area contributed by atoms with Crippen LogP contribution in [0.4, 0.5) is 0 Å². The second-order valence-electron chi connectivity index (χ2n) is 4.67. The van der Waals surface area contributed by atoms with E-state index in [0.717, 1.165) is 42.5 Å². The number of hydrogen-bond donors (Lipinski definition) is 2. The molecule has 2 N–H and O–H groups in total. The van der Waals surface area contributed by atoms with Crippen LogP contribution < -0.4 is 20.1 Å². The summed E-state index contributed by atoms with van der Waals surface area (Å²) in [5, 5.41) is 6.55. The Kier molecular flexibility index (Phi) is 8.57. The van der Waals surface area contributed by atoms with Gasteiger partial charge in [-0.1, -0.05) is 18.2 Å². The van der Waals surface area contributed by atoms with E-state index in [9.17, 15) is 0 Å². The first-order valence-corrected chi connectivity index (χ1v) is 7.59. The van der Waals surface area contributed by atoms with Crippen LogP contribution in [0, 0.1) is 0 Å². The summed E-state index contributed by atoms with van der Waals surface area (Å²) in [6.45, 7) is 6.36. The van der Waals surface area contributed by atoms with E-state index in [1.807, 2.05) is 25.1 Å². The van der Waals surface area contributed by atoms with Crippen LogP contribution in [0.1, 0.15) is 25.8 Å². The van der Waals surface area contributed by atoms with Gasteiger partial charge >= 0.3 is 0 Å². The summed E-state index contributed by atoms with van der Waals surface area (Å²) in [5.41, 5.74) is 1.07. The number of aliphatic imine (C=N–C) groups is 1. The molecule has 0 aromatic heterocycles. The minimum absolute atomic E-state index is 0.583. The molecule has 122 valence electrons. The van der Waals surface area contributed by atoms with Crippen molar-refractivity contribution in [2.45, 2.75) is 26.8 Å². The van der Waals surface area contributed by atoms with E-state index in [-0.39, 0.29) is 0 Å². The Morgan fingerprint density at radius 1 is 1.18 bits per heavy atom. The highest BCUT2D eigenvalue weighted by Crippen LogP contribution is 2.27. The summed E-state index contributed by atoms with van der Waals surface area (Å²) in [5.74, 6) is 2.27. The molecule has 0 amide bonds. The van der Waals surface area contributed by atoms with Gasteiger partial charge in [0.15, 0.2) is 17.5 Å². The fraction of sp³-hybridized carbons (Fsp3) is 0.471. The maximum absolute atomic E-state index is 5.31. The fourth-order valence-corrected chi connectivity index (χ4v) is 1.93. The second-order valence-corrected chi connectivity index (χ2v) is 4.67. The quantitative estimate of drug-likeness (QED) is 0.336. The van der Waals surface area contributed by atoms with Crippen molar-refractivity contribution in [3.8, 4) is 11.5 Å². The summed E-state index contributed by atoms with van der Waals surface area (Å²) in [6, 6.07) is 5.84. The number of rotatable bonds is 8.